The quantitative estimate of drug-likeness (QED) is 0.922. The third kappa shape index (κ3) is 2.73. The lowest BCUT2D eigenvalue weighted by Gasteiger charge is -2.17. The summed E-state index contributed by atoms with van der Waals surface area (Å²) in [5, 5.41) is 3.26. The number of rotatable bonds is 4. The Morgan fingerprint density at radius 2 is 2.21 bits per heavy atom. The zero-order valence-corrected chi connectivity index (χ0v) is 11.8. The van der Waals surface area contributed by atoms with E-state index in [1.54, 1.807) is 17.0 Å². The summed E-state index contributed by atoms with van der Waals surface area (Å²) in [4.78, 5) is 25.4. The van der Waals surface area contributed by atoms with Crippen molar-refractivity contribution in [1.29, 1.82) is 0 Å². The van der Waals surface area contributed by atoms with Crippen LogP contribution in [0.1, 0.15) is 38.3 Å². The monoisotopic (exact) mass is 280 g/mol. The zero-order valence-electron chi connectivity index (χ0n) is 11.1. The zero-order chi connectivity index (χ0) is 14.0. The second-order valence-electron chi connectivity index (χ2n) is 4.68. The molecule has 0 fully saturated rings. The number of unbranched alkanes of at least 4 members (excludes halogenated alkanes) is 1. The molecule has 0 aromatic heterocycles. The highest BCUT2D eigenvalue weighted by atomic mass is 35.5. The van der Waals surface area contributed by atoms with E-state index in [1.165, 1.54) is 6.92 Å². The molecule has 2 amide bonds. The first-order chi connectivity index (χ1) is 9.04. The van der Waals surface area contributed by atoms with Crippen LogP contribution in [0.5, 0.6) is 0 Å². The Morgan fingerprint density at radius 1 is 1.47 bits per heavy atom. The molecule has 102 valence electrons. The normalized spacial score (nSPS) is 17.5. The number of halogens is 1. The van der Waals surface area contributed by atoms with Gasteiger partial charge in [-0.2, -0.15) is 0 Å². The fourth-order valence-electron chi connectivity index (χ4n) is 2.30. The summed E-state index contributed by atoms with van der Waals surface area (Å²) in [6.45, 7) is 4.15. The molecule has 1 atom stereocenters. The van der Waals surface area contributed by atoms with Crippen LogP contribution in [-0.2, 0) is 9.59 Å². The molecule has 0 saturated carbocycles. The van der Waals surface area contributed by atoms with E-state index in [0.29, 0.717) is 11.6 Å². The van der Waals surface area contributed by atoms with Gasteiger partial charge in [0.05, 0.1) is 0 Å². The summed E-state index contributed by atoms with van der Waals surface area (Å²) in [6.07, 6.45) is 1.94. The first-order valence-electron chi connectivity index (χ1n) is 6.42. The van der Waals surface area contributed by atoms with Gasteiger partial charge in [-0.1, -0.05) is 24.9 Å². The minimum Gasteiger partial charge on any atom is -0.341 e. The number of carbonyl (C=O) groups is 2. The van der Waals surface area contributed by atoms with Crippen molar-refractivity contribution in [2.24, 2.45) is 0 Å². The SMILES string of the molecule is CCCCN1C(=O)[C@@H](NC(C)=O)c2cc(Cl)ccc21. The number of hydrogen-bond donors (Lipinski definition) is 1. The van der Waals surface area contributed by atoms with Crippen LogP contribution in [0, 0.1) is 0 Å². The second-order valence-corrected chi connectivity index (χ2v) is 5.12. The summed E-state index contributed by atoms with van der Waals surface area (Å²) >= 11 is 5.98. The fourth-order valence-corrected chi connectivity index (χ4v) is 2.48. The minimum absolute atomic E-state index is 0.0825. The maximum Gasteiger partial charge on any atom is 0.254 e. The number of carbonyl (C=O) groups excluding carboxylic acids is 2. The highest BCUT2D eigenvalue weighted by molar-refractivity contribution is 6.31. The number of anilines is 1. The standard InChI is InChI=1S/C14H17ClN2O2/c1-3-4-7-17-12-6-5-10(15)8-11(12)13(14(17)19)16-9(2)18/h5-6,8,13H,3-4,7H2,1-2H3,(H,16,18)/t13-/m0/s1. The van der Waals surface area contributed by atoms with Gasteiger partial charge in [-0.05, 0) is 24.6 Å². The molecule has 1 aliphatic rings. The molecule has 19 heavy (non-hydrogen) atoms. The van der Waals surface area contributed by atoms with E-state index in [0.717, 1.165) is 24.1 Å². The highest BCUT2D eigenvalue weighted by Crippen LogP contribution is 2.37. The number of amides is 2. The topological polar surface area (TPSA) is 49.4 Å². The van der Waals surface area contributed by atoms with Gasteiger partial charge in [0.25, 0.3) is 5.91 Å². The molecule has 0 aliphatic carbocycles. The molecule has 0 radical (unpaired) electrons. The first-order valence-corrected chi connectivity index (χ1v) is 6.80. The number of benzene rings is 1. The van der Waals surface area contributed by atoms with Gasteiger partial charge in [-0.15, -0.1) is 0 Å². The van der Waals surface area contributed by atoms with E-state index in [-0.39, 0.29) is 11.8 Å². The molecule has 0 bridgehead atoms. The number of fused-ring (bicyclic) bond motifs is 1. The van der Waals surface area contributed by atoms with Gasteiger partial charge >= 0.3 is 0 Å². The summed E-state index contributed by atoms with van der Waals surface area (Å²) in [7, 11) is 0. The predicted octanol–water partition coefficient (Wildman–Crippen LogP) is 2.66. The average molecular weight is 281 g/mol. The van der Waals surface area contributed by atoms with E-state index < -0.39 is 6.04 Å². The molecule has 2 rings (SSSR count). The van der Waals surface area contributed by atoms with Crippen molar-refractivity contribution in [2.45, 2.75) is 32.7 Å². The fraction of sp³-hybridized carbons (Fsp3) is 0.429. The third-order valence-electron chi connectivity index (χ3n) is 3.19. The maximum absolute atomic E-state index is 12.4. The van der Waals surface area contributed by atoms with Crippen molar-refractivity contribution in [3.05, 3.63) is 28.8 Å². The van der Waals surface area contributed by atoms with E-state index in [1.807, 2.05) is 6.07 Å². The van der Waals surface area contributed by atoms with Gasteiger partial charge < -0.3 is 10.2 Å². The second kappa shape index (κ2) is 5.61. The Kier molecular flexibility index (Phi) is 4.10. The predicted molar refractivity (Wildman–Crippen MR) is 75.3 cm³/mol. The number of nitrogens with zero attached hydrogens (tertiary/aromatic N) is 1. The molecule has 4 nitrogen and oxygen atoms in total. The summed E-state index contributed by atoms with van der Waals surface area (Å²) in [6, 6.07) is 4.75. The molecule has 1 aromatic carbocycles. The molecule has 1 aliphatic heterocycles. The lowest BCUT2D eigenvalue weighted by atomic mass is 10.1. The molecular formula is C14H17ClN2O2. The van der Waals surface area contributed by atoms with Crippen LogP contribution in [0.15, 0.2) is 18.2 Å². The Bertz CT molecular complexity index is 516. The van der Waals surface area contributed by atoms with E-state index in [2.05, 4.69) is 12.2 Å². The lowest BCUT2D eigenvalue weighted by molar-refractivity contribution is -0.126. The van der Waals surface area contributed by atoms with Crippen LogP contribution >= 0.6 is 11.6 Å². The van der Waals surface area contributed by atoms with Crippen molar-refractivity contribution in [1.82, 2.24) is 5.32 Å². The van der Waals surface area contributed by atoms with Gasteiger partial charge in [0.2, 0.25) is 5.91 Å². The van der Waals surface area contributed by atoms with Gasteiger partial charge in [-0.25, -0.2) is 0 Å². The molecule has 0 unspecified atom stereocenters. The molecule has 1 N–H and O–H groups in total. The number of hydrogen-bond acceptors (Lipinski definition) is 2. The Balaban J connectivity index is 2.36. The van der Waals surface area contributed by atoms with Crippen LogP contribution in [0.25, 0.3) is 0 Å². The molecular weight excluding hydrogens is 264 g/mol. The Morgan fingerprint density at radius 3 is 2.84 bits per heavy atom. The van der Waals surface area contributed by atoms with Crippen molar-refractivity contribution < 1.29 is 9.59 Å². The summed E-state index contributed by atoms with van der Waals surface area (Å²) in [5.41, 5.74) is 1.63. The molecule has 0 spiro atoms. The molecule has 0 saturated heterocycles. The Labute approximate surface area is 117 Å². The molecule has 1 heterocycles. The average Bonchev–Trinajstić information content (AvgIpc) is 2.60. The van der Waals surface area contributed by atoms with Crippen molar-refractivity contribution in [3.63, 3.8) is 0 Å². The van der Waals surface area contributed by atoms with Crippen molar-refractivity contribution >= 4 is 29.1 Å². The van der Waals surface area contributed by atoms with Gasteiger partial charge in [0, 0.05) is 29.7 Å². The van der Waals surface area contributed by atoms with Crippen LogP contribution in [0.2, 0.25) is 5.02 Å². The van der Waals surface area contributed by atoms with Crippen LogP contribution in [0.3, 0.4) is 0 Å². The van der Waals surface area contributed by atoms with Crippen LogP contribution in [0.4, 0.5) is 5.69 Å². The smallest absolute Gasteiger partial charge is 0.254 e. The minimum atomic E-state index is -0.608. The first kappa shape index (κ1) is 13.9. The summed E-state index contributed by atoms with van der Waals surface area (Å²) in [5.74, 6) is -0.303. The number of nitrogens with one attached hydrogen (secondary N) is 1. The van der Waals surface area contributed by atoms with E-state index in [9.17, 15) is 9.59 Å². The lowest BCUT2D eigenvalue weighted by Crippen LogP contribution is -2.37. The van der Waals surface area contributed by atoms with Crippen molar-refractivity contribution in [2.75, 3.05) is 11.4 Å². The Hall–Kier alpha value is -1.55. The van der Waals surface area contributed by atoms with E-state index >= 15 is 0 Å². The molecule has 5 heteroatoms. The largest absolute Gasteiger partial charge is 0.341 e. The maximum atomic E-state index is 12.4. The van der Waals surface area contributed by atoms with Gasteiger partial charge in [0.1, 0.15) is 6.04 Å². The van der Waals surface area contributed by atoms with Crippen LogP contribution in [-0.4, -0.2) is 18.4 Å². The van der Waals surface area contributed by atoms with E-state index in [4.69, 9.17) is 11.6 Å². The highest BCUT2D eigenvalue weighted by Gasteiger charge is 2.37. The van der Waals surface area contributed by atoms with Crippen LogP contribution < -0.4 is 10.2 Å². The summed E-state index contributed by atoms with van der Waals surface area (Å²) < 4.78 is 0. The van der Waals surface area contributed by atoms with Crippen molar-refractivity contribution in [3.8, 4) is 0 Å². The third-order valence-corrected chi connectivity index (χ3v) is 3.42. The van der Waals surface area contributed by atoms with Gasteiger partial charge in [-0.3, -0.25) is 9.59 Å². The molecule has 1 aromatic rings. The van der Waals surface area contributed by atoms with Gasteiger partial charge in [0.15, 0.2) is 0 Å².